The van der Waals surface area contributed by atoms with Gasteiger partial charge in [-0.15, -0.1) is 0 Å². The quantitative estimate of drug-likeness (QED) is 0.617. The van der Waals surface area contributed by atoms with E-state index in [0.29, 0.717) is 12.6 Å². The third kappa shape index (κ3) is 1.60. The summed E-state index contributed by atoms with van der Waals surface area (Å²) >= 11 is 0. The summed E-state index contributed by atoms with van der Waals surface area (Å²) in [6.45, 7) is 0. The fourth-order valence-electron chi connectivity index (χ4n) is 2.19. The highest BCUT2D eigenvalue weighted by molar-refractivity contribution is 5.69. The van der Waals surface area contributed by atoms with Gasteiger partial charge in [-0.25, -0.2) is 0 Å². The average molecular weight is 198 g/mol. The lowest BCUT2D eigenvalue weighted by Crippen LogP contribution is -2.33. The van der Waals surface area contributed by atoms with Crippen LogP contribution < -0.4 is 0 Å². The smallest absolute Gasteiger partial charge is 0.170 e. The van der Waals surface area contributed by atoms with Crippen molar-refractivity contribution in [2.24, 2.45) is 0 Å². The van der Waals surface area contributed by atoms with E-state index in [2.05, 4.69) is 0 Å². The number of aldehydes is 2. The lowest BCUT2D eigenvalue weighted by Gasteiger charge is -2.31. The molecule has 2 fully saturated rings. The molecule has 1 saturated carbocycles. The molecule has 0 N–H and O–H groups in total. The van der Waals surface area contributed by atoms with Gasteiger partial charge in [-0.2, -0.15) is 0 Å². The number of carbonyl (C=O) groups excluding carboxylic acids is 2. The second-order valence-corrected chi connectivity index (χ2v) is 3.91. The summed E-state index contributed by atoms with van der Waals surface area (Å²) in [5, 5.41) is 0. The molecule has 4 nitrogen and oxygen atoms in total. The molecular formula is C10H14O4. The molecule has 0 amide bonds. The predicted molar refractivity (Wildman–Crippen MR) is 47.7 cm³/mol. The third-order valence-electron chi connectivity index (χ3n) is 2.91. The highest BCUT2D eigenvalue weighted by Crippen LogP contribution is 2.39. The Bertz CT molecular complexity index is 214. The lowest BCUT2D eigenvalue weighted by molar-refractivity contribution is -0.192. The molecular weight excluding hydrogens is 184 g/mol. The summed E-state index contributed by atoms with van der Waals surface area (Å²) in [5.41, 5.74) is 0. The summed E-state index contributed by atoms with van der Waals surface area (Å²) in [6.07, 6.45) is 4.74. The summed E-state index contributed by atoms with van der Waals surface area (Å²) in [5.74, 6) is -0.643. The SMILES string of the molecule is O=C[C@@H]1OC2(CCCCC2)O[C@@H]1C=O. The van der Waals surface area contributed by atoms with Crippen LogP contribution in [-0.4, -0.2) is 30.6 Å². The van der Waals surface area contributed by atoms with Gasteiger partial charge in [0.15, 0.2) is 18.4 Å². The van der Waals surface area contributed by atoms with Gasteiger partial charge >= 0.3 is 0 Å². The van der Waals surface area contributed by atoms with Crippen molar-refractivity contribution in [3.63, 3.8) is 0 Å². The predicted octanol–water partition coefficient (Wildman–Crippen LogP) is 0.829. The standard InChI is InChI=1S/C10H14O4/c11-6-8-9(7-12)14-10(13-8)4-2-1-3-5-10/h6-9H,1-5H2/t8-,9+. The van der Waals surface area contributed by atoms with Crippen LogP contribution in [0.3, 0.4) is 0 Å². The molecule has 1 heterocycles. The van der Waals surface area contributed by atoms with Gasteiger partial charge in [-0.05, 0) is 12.8 Å². The Kier molecular flexibility index (Phi) is 2.65. The van der Waals surface area contributed by atoms with E-state index in [0.717, 1.165) is 25.7 Å². The Hall–Kier alpha value is -0.740. The average Bonchev–Trinajstić information content (AvgIpc) is 2.57. The Morgan fingerprint density at radius 1 is 0.929 bits per heavy atom. The second kappa shape index (κ2) is 3.79. The first kappa shape index (κ1) is 9.80. The van der Waals surface area contributed by atoms with E-state index in [-0.39, 0.29) is 0 Å². The van der Waals surface area contributed by atoms with Gasteiger partial charge in [-0.1, -0.05) is 6.42 Å². The fraction of sp³-hybridized carbons (Fsp3) is 0.800. The molecule has 1 saturated heterocycles. The highest BCUT2D eigenvalue weighted by atomic mass is 16.8. The van der Waals surface area contributed by atoms with Crippen LogP contribution in [0.2, 0.25) is 0 Å². The molecule has 0 aromatic heterocycles. The van der Waals surface area contributed by atoms with Crippen molar-refractivity contribution in [2.75, 3.05) is 0 Å². The topological polar surface area (TPSA) is 52.6 Å². The molecule has 1 spiro atoms. The molecule has 0 aromatic carbocycles. The Morgan fingerprint density at radius 2 is 1.43 bits per heavy atom. The van der Waals surface area contributed by atoms with Crippen LogP contribution in [0, 0.1) is 0 Å². The third-order valence-corrected chi connectivity index (χ3v) is 2.91. The van der Waals surface area contributed by atoms with Crippen molar-refractivity contribution in [3.05, 3.63) is 0 Å². The minimum atomic E-state index is -0.703. The number of hydrogen-bond acceptors (Lipinski definition) is 4. The van der Waals surface area contributed by atoms with E-state index in [9.17, 15) is 9.59 Å². The van der Waals surface area contributed by atoms with Gasteiger partial charge in [0.1, 0.15) is 12.2 Å². The van der Waals surface area contributed by atoms with Crippen LogP contribution in [0.4, 0.5) is 0 Å². The zero-order valence-electron chi connectivity index (χ0n) is 7.98. The Labute approximate surface area is 82.6 Å². The van der Waals surface area contributed by atoms with Crippen molar-refractivity contribution < 1.29 is 19.1 Å². The van der Waals surface area contributed by atoms with Crippen LogP contribution in [0.1, 0.15) is 32.1 Å². The molecule has 1 aliphatic carbocycles. The molecule has 0 radical (unpaired) electrons. The molecule has 0 unspecified atom stereocenters. The van der Waals surface area contributed by atoms with E-state index in [1.165, 1.54) is 6.42 Å². The van der Waals surface area contributed by atoms with E-state index >= 15 is 0 Å². The number of rotatable bonds is 2. The van der Waals surface area contributed by atoms with E-state index < -0.39 is 18.0 Å². The normalized spacial score (nSPS) is 35.7. The minimum absolute atomic E-state index is 0.643. The second-order valence-electron chi connectivity index (χ2n) is 3.91. The van der Waals surface area contributed by atoms with Crippen molar-refractivity contribution in [1.82, 2.24) is 0 Å². The van der Waals surface area contributed by atoms with Gasteiger partial charge in [0.2, 0.25) is 0 Å². The minimum Gasteiger partial charge on any atom is -0.336 e. The van der Waals surface area contributed by atoms with Crippen LogP contribution in [0.15, 0.2) is 0 Å². The summed E-state index contributed by atoms with van der Waals surface area (Å²) in [4.78, 5) is 21.3. The molecule has 2 rings (SSSR count). The maximum Gasteiger partial charge on any atom is 0.170 e. The van der Waals surface area contributed by atoms with E-state index in [4.69, 9.17) is 9.47 Å². The zero-order valence-corrected chi connectivity index (χ0v) is 7.98. The molecule has 1 aliphatic heterocycles. The maximum atomic E-state index is 10.6. The van der Waals surface area contributed by atoms with Gasteiger partial charge < -0.3 is 19.1 Å². The summed E-state index contributed by atoms with van der Waals surface area (Å²) in [7, 11) is 0. The molecule has 78 valence electrons. The highest BCUT2D eigenvalue weighted by Gasteiger charge is 2.47. The molecule has 2 atom stereocenters. The van der Waals surface area contributed by atoms with Gasteiger partial charge in [0, 0.05) is 12.8 Å². The monoisotopic (exact) mass is 198 g/mol. The zero-order chi connectivity index (χ0) is 10.0. The van der Waals surface area contributed by atoms with Crippen molar-refractivity contribution in [3.8, 4) is 0 Å². The van der Waals surface area contributed by atoms with Crippen LogP contribution >= 0.6 is 0 Å². The van der Waals surface area contributed by atoms with Gasteiger partial charge in [-0.3, -0.25) is 0 Å². The molecule has 0 bridgehead atoms. The molecule has 0 aromatic rings. The first-order valence-corrected chi connectivity index (χ1v) is 5.06. The number of hydrogen-bond donors (Lipinski definition) is 0. The van der Waals surface area contributed by atoms with E-state index in [1.807, 2.05) is 0 Å². The largest absolute Gasteiger partial charge is 0.336 e. The van der Waals surface area contributed by atoms with Crippen LogP contribution in [-0.2, 0) is 19.1 Å². The maximum absolute atomic E-state index is 10.6. The van der Waals surface area contributed by atoms with Crippen LogP contribution in [0.25, 0.3) is 0 Å². The number of ether oxygens (including phenoxy) is 2. The van der Waals surface area contributed by atoms with Crippen molar-refractivity contribution in [2.45, 2.75) is 50.1 Å². The van der Waals surface area contributed by atoms with Crippen LogP contribution in [0.5, 0.6) is 0 Å². The van der Waals surface area contributed by atoms with Gasteiger partial charge in [0.25, 0.3) is 0 Å². The Morgan fingerprint density at radius 3 is 1.86 bits per heavy atom. The first-order valence-electron chi connectivity index (χ1n) is 5.06. The summed E-state index contributed by atoms with van der Waals surface area (Å²) in [6, 6.07) is 0. The molecule has 4 heteroatoms. The molecule has 2 aliphatic rings. The van der Waals surface area contributed by atoms with Crippen molar-refractivity contribution >= 4 is 12.6 Å². The van der Waals surface area contributed by atoms with Crippen molar-refractivity contribution in [1.29, 1.82) is 0 Å². The van der Waals surface area contributed by atoms with Gasteiger partial charge in [0.05, 0.1) is 0 Å². The summed E-state index contributed by atoms with van der Waals surface area (Å²) < 4.78 is 11.0. The Balaban J connectivity index is 2.08. The number of carbonyl (C=O) groups is 2. The molecule has 14 heavy (non-hydrogen) atoms. The van der Waals surface area contributed by atoms with E-state index in [1.54, 1.807) is 0 Å². The fourth-order valence-corrected chi connectivity index (χ4v) is 2.19. The first-order chi connectivity index (χ1) is 6.79. The lowest BCUT2D eigenvalue weighted by atomic mass is 9.94.